The standard InChI is InChI=1S/C16H27N3/c1-2-18-11-13-19(14-12-18)10-6-9-16(17)15-7-4-3-5-8-15/h3-5,7-8,16H,2,6,9-14,17H2,1H3. The minimum absolute atomic E-state index is 0.193. The fourth-order valence-electron chi connectivity index (χ4n) is 2.73. The summed E-state index contributed by atoms with van der Waals surface area (Å²) in [7, 11) is 0. The van der Waals surface area contributed by atoms with Gasteiger partial charge in [-0.15, -0.1) is 0 Å². The van der Waals surface area contributed by atoms with Crippen molar-refractivity contribution in [2.75, 3.05) is 39.3 Å². The summed E-state index contributed by atoms with van der Waals surface area (Å²) in [4.78, 5) is 5.09. The molecule has 106 valence electrons. The first-order valence-corrected chi connectivity index (χ1v) is 7.55. The Balaban J connectivity index is 1.64. The maximum absolute atomic E-state index is 6.23. The van der Waals surface area contributed by atoms with Gasteiger partial charge in [0.05, 0.1) is 0 Å². The van der Waals surface area contributed by atoms with Crippen molar-refractivity contribution in [1.29, 1.82) is 0 Å². The largest absolute Gasteiger partial charge is 0.324 e. The van der Waals surface area contributed by atoms with Crippen molar-refractivity contribution >= 4 is 0 Å². The highest BCUT2D eigenvalue weighted by Gasteiger charge is 2.15. The van der Waals surface area contributed by atoms with Crippen LogP contribution in [0.15, 0.2) is 30.3 Å². The van der Waals surface area contributed by atoms with Gasteiger partial charge < -0.3 is 15.5 Å². The van der Waals surface area contributed by atoms with Gasteiger partial charge in [-0.2, -0.15) is 0 Å². The van der Waals surface area contributed by atoms with E-state index in [-0.39, 0.29) is 6.04 Å². The van der Waals surface area contributed by atoms with Crippen LogP contribution in [0.1, 0.15) is 31.4 Å². The molecule has 1 aromatic carbocycles. The first kappa shape index (κ1) is 14.5. The molecule has 1 saturated heterocycles. The van der Waals surface area contributed by atoms with Gasteiger partial charge in [0.1, 0.15) is 0 Å². The van der Waals surface area contributed by atoms with Gasteiger partial charge in [0.25, 0.3) is 0 Å². The normalized spacial score (nSPS) is 19.5. The van der Waals surface area contributed by atoms with Crippen LogP contribution in [0.5, 0.6) is 0 Å². The summed E-state index contributed by atoms with van der Waals surface area (Å²) in [6.07, 6.45) is 2.28. The zero-order valence-electron chi connectivity index (χ0n) is 12.1. The average Bonchev–Trinajstić information content (AvgIpc) is 2.49. The van der Waals surface area contributed by atoms with Crippen LogP contribution in [-0.2, 0) is 0 Å². The molecule has 0 radical (unpaired) electrons. The summed E-state index contributed by atoms with van der Waals surface area (Å²) in [6.45, 7) is 9.50. The number of nitrogens with two attached hydrogens (primary N) is 1. The highest BCUT2D eigenvalue weighted by molar-refractivity contribution is 5.18. The lowest BCUT2D eigenvalue weighted by Gasteiger charge is -2.34. The number of benzene rings is 1. The van der Waals surface area contributed by atoms with Crippen LogP contribution in [0.4, 0.5) is 0 Å². The summed E-state index contributed by atoms with van der Waals surface area (Å²) in [6, 6.07) is 10.6. The molecule has 0 aromatic heterocycles. The molecule has 1 aromatic rings. The van der Waals surface area contributed by atoms with Crippen LogP contribution < -0.4 is 5.73 Å². The molecule has 0 spiro atoms. The molecule has 1 atom stereocenters. The Bertz CT molecular complexity index is 344. The molecular weight excluding hydrogens is 234 g/mol. The van der Waals surface area contributed by atoms with Gasteiger partial charge in [-0.05, 0) is 31.5 Å². The molecule has 0 amide bonds. The predicted molar refractivity (Wildman–Crippen MR) is 81.2 cm³/mol. The van der Waals surface area contributed by atoms with Crippen LogP contribution >= 0.6 is 0 Å². The van der Waals surface area contributed by atoms with E-state index in [0.29, 0.717) is 0 Å². The van der Waals surface area contributed by atoms with Crippen LogP contribution in [0.25, 0.3) is 0 Å². The lowest BCUT2D eigenvalue weighted by molar-refractivity contribution is 0.135. The zero-order valence-corrected chi connectivity index (χ0v) is 12.1. The minimum atomic E-state index is 0.193. The van der Waals surface area contributed by atoms with Gasteiger partial charge in [-0.1, -0.05) is 37.3 Å². The van der Waals surface area contributed by atoms with Gasteiger partial charge in [-0.3, -0.25) is 0 Å². The Kier molecular flexibility index (Phi) is 5.83. The third-order valence-corrected chi connectivity index (χ3v) is 4.13. The summed E-state index contributed by atoms with van der Waals surface area (Å²) in [5.74, 6) is 0. The topological polar surface area (TPSA) is 32.5 Å². The molecule has 0 aliphatic carbocycles. The molecule has 2 rings (SSSR count). The van der Waals surface area contributed by atoms with Gasteiger partial charge >= 0.3 is 0 Å². The first-order chi connectivity index (χ1) is 9.29. The third kappa shape index (κ3) is 4.60. The molecule has 3 nitrogen and oxygen atoms in total. The van der Waals surface area contributed by atoms with Gasteiger partial charge in [0.15, 0.2) is 0 Å². The van der Waals surface area contributed by atoms with Crippen LogP contribution in [0.3, 0.4) is 0 Å². The predicted octanol–water partition coefficient (Wildman–Crippen LogP) is 2.10. The maximum Gasteiger partial charge on any atom is 0.0295 e. The number of rotatable bonds is 6. The van der Waals surface area contributed by atoms with Crippen LogP contribution in [0.2, 0.25) is 0 Å². The number of hydrogen-bond donors (Lipinski definition) is 1. The lowest BCUT2D eigenvalue weighted by atomic mass is 10.0. The van der Waals surface area contributed by atoms with E-state index in [9.17, 15) is 0 Å². The molecule has 2 N–H and O–H groups in total. The lowest BCUT2D eigenvalue weighted by Crippen LogP contribution is -2.46. The van der Waals surface area contributed by atoms with E-state index in [1.165, 1.54) is 51.3 Å². The summed E-state index contributed by atoms with van der Waals surface area (Å²) < 4.78 is 0. The van der Waals surface area contributed by atoms with Crippen molar-refractivity contribution in [3.8, 4) is 0 Å². The van der Waals surface area contributed by atoms with Gasteiger partial charge in [0.2, 0.25) is 0 Å². The van der Waals surface area contributed by atoms with Crippen molar-refractivity contribution in [3.05, 3.63) is 35.9 Å². The Morgan fingerprint density at radius 3 is 2.32 bits per heavy atom. The van der Waals surface area contributed by atoms with E-state index in [2.05, 4.69) is 41.0 Å². The van der Waals surface area contributed by atoms with E-state index in [0.717, 1.165) is 6.42 Å². The summed E-state index contributed by atoms with van der Waals surface area (Å²) in [5, 5.41) is 0. The van der Waals surface area contributed by atoms with E-state index in [4.69, 9.17) is 5.73 Å². The fraction of sp³-hybridized carbons (Fsp3) is 0.625. The Morgan fingerprint density at radius 1 is 1.05 bits per heavy atom. The average molecular weight is 261 g/mol. The molecule has 1 unspecified atom stereocenters. The number of likely N-dealkylation sites (N-methyl/N-ethyl adjacent to an activating group) is 1. The second-order valence-electron chi connectivity index (χ2n) is 5.44. The number of nitrogens with zero attached hydrogens (tertiary/aromatic N) is 2. The second kappa shape index (κ2) is 7.63. The molecule has 0 saturated carbocycles. The van der Waals surface area contributed by atoms with Crippen LogP contribution in [0, 0.1) is 0 Å². The van der Waals surface area contributed by atoms with Crippen molar-refractivity contribution in [3.63, 3.8) is 0 Å². The van der Waals surface area contributed by atoms with Gasteiger partial charge in [0, 0.05) is 32.2 Å². The molecular formula is C16H27N3. The fourth-order valence-corrected chi connectivity index (χ4v) is 2.73. The summed E-state index contributed by atoms with van der Waals surface area (Å²) in [5.41, 5.74) is 7.49. The number of piperazine rings is 1. The third-order valence-electron chi connectivity index (χ3n) is 4.13. The van der Waals surface area contributed by atoms with Crippen molar-refractivity contribution < 1.29 is 0 Å². The van der Waals surface area contributed by atoms with E-state index in [1.807, 2.05) is 6.07 Å². The molecule has 3 heteroatoms. The highest BCUT2D eigenvalue weighted by atomic mass is 15.3. The smallest absolute Gasteiger partial charge is 0.0295 e. The molecule has 1 aliphatic heterocycles. The van der Waals surface area contributed by atoms with Crippen molar-refractivity contribution in [2.45, 2.75) is 25.8 Å². The van der Waals surface area contributed by atoms with Gasteiger partial charge in [-0.25, -0.2) is 0 Å². The molecule has 1 aliphatic rings. The highest BCUT2D eigenvalue weighted by Crippen LogP contribution is 2.15. The van der Waals surface area contributed by atoms with E-state index < -0.39 is 0 Å². The summed E-state index contributed by atoms with van der Waals surface area (Å²) >= 11 is 0. The van der Waals surface area contributed by atoms with Crippen molar-refractivity contribution in [1.82, 2.24) is 9.80 Å². The quantitative estimate of drug-likeness (QED) is 0.851. The Morgan fingerprint density at radius 2 is 1.68 bits per heavy atom. The molecule has 19 heavy (non-hydrogen) atoms. The molecule has 1 fully saturated rings. The minimum Gasteiger partial charge on any atom is -0.324 e. The SMILES string of the molecule is CCN1CCN(CCCC(N)c2ccccc2)CC1. The monoisotopic (exact) mass is 261 g/mol. The van der Waals surface area contributed by atoms with Crippen molar-refractivity contribution in [2.24, 2.45) is 5.73 Å². The molecule has 1 heterocycles. The first-order valence-electron chi connectivity index (χ1n) is 7.55. The van der Waals surface area contributed by atoms with Crippen LogP contribution in [-0.4, -0.2) is 49.1 Å². The second-order valence-corrected chi connectivity index (χ2v) is 5.44. The zero-order chi connectivity index (χ0) is 13.5. The van der Waals surface area contributed by atoms with E-state index >= 15 is 0 Å². The Hall–Kier alpha value is -0.900. The Labute approximate surface area is 117 Å². The van der Waals surface area contributed by atoms with E-state index in [1.54, 1.807) is 0 Å². The maximum atomic E-state index is 6.23. The molecule has 0 bridgehead atoms. The number of hydrogen-bond acceptors (Lipinski definition) is 3.